The lowest BCUT2D eigenvalue weighted by molar-refractivity contribution is 0.0195. The molecule has 0 spiro atoms. The third-order valence-electron chi connectivity index (χ3n) is 6.44. The molecular weight excluding hydrogens is 511 g/mol. The second-order valence-corrected chi connectivity index (χ2v) is 8.44. The number of benzene rings is 2. The van der Waals surface area contributed by atoms with Gasteiger partial charge >= 0.3 is 0 Å². The van der Waals surface area contributed by atoms with Gasteiger partial charge in [-0.1, -0.05) is 60.7 Å². The molecular formula is C26H37IN4O. The molecule has 32 heavy (non-hydrogen) atoms. The molecule has 0 amide bonds. The Hall–Kier alpha value is -1.64. The average molecular weight is 549 g/mol. The van der Waals surface area contributed by atoms with Crippen molar-refractivity contribution >= 4 is 29.9 Å². The van der Waals surface area contributed by atoms with Crippen LogP contribution >= 0.6 is 24.0 Å². The standard InChI is InChI=1S/C26H36N4O.HI/c1-2-27-26(30-16-14-24(21-30)29-17-19-31-20-18-29)28-15-13-25(22-9-5-3-6-10-22)23-11-7-4-8-12-23;/h3-12,24-25H,2,13-21H2,1H3,(H,27,28);1H. The summed E-state index contributed by atoms with van der Waals surface area (Å²) in [6.45, 7) is 9.86. The van der Waals surface area contributed by atoms with Gasteiger partial charge in [0.1, 0.15) is 0 Å². The molecule has 2 aromatic carbocycles. The number of nitrogens with zero attached hydrogens (tertiary/aromatic N) is 3. The number of aliphatic imine (C=N–C) groups is 1. The zero-order valence-corrected chi connectivity index (χ0v) is 21.5. The van der Waals surface area contributed by atoms with Crippen LogP contribution in [0.1, 0.15) is 36.8 Å². The molecule has 0 aromatic heterocycles. The van der Waals surface area contributed by atoms with Crippen molar-refractivity contribution < 1.29 is 4.74 Å². The molecule has 174 valence electrons. The Morgan fingerprint density at radius 2 is 1.62 bits per heavy atom. The average Bonchev–Trinajstić information content (AvgIpc) is 3.33. The monoisotopic (exact) mass is 548 g/mol. The van der Waals surface area contributed by atoms with Gasteiger partial charge in [0.05, 0.1) is 13.2 Å². The Labute approximate surface area is 210 Å². The van der Waals surface area contributed by atoms with Crippen LogP contribution in [-0.4, -0.2) is 74.3 Å². The minimum Gasteiger partial charge on any atom is -0.379 e. The number of hydrogen-bond acceptors (Lipinski definition) is 3. The molecule has 6 heteroatoms. The first-order chi connectivity index (χ1) is 15.3. The number of nitrogens with one attached hydrogen (secondary N) is 1. The van der Waals surface area contributed by atoms with Crippen LogP contribution in [0, 0.1) is 0 Å². The highest BCUT2D eigenvalue weighted by Crippen LogP contribution is 2.28. The van der Waals surface area contributed by atoms with E-state index in [2.05, 4.69) is 82.7 Å². The molecule has 4 rings (SSSR count). The lowest BCUT2D eigenvalue weighted by Gasteiger charge is -2.32. The lowest BCUT2D eigenvalue weighted by atomic mass is 9.89. The molecule has 1 N–H and O–H groups in total. The first kappa shape index (κ1) is 25.0. The zero-order valence-electron chi connectivity index (χ0n) is 19.2. The molecule has 2 aliphatic rings. The van der Waals surface area contributed by atoms with Gasteiger partial charge in [0.2, 0.25) is 0 Å². The topological polar surface area (TPSA) is 40.1 Å². The molecule has 2 aliphatic heterocycles. The second-order valence-electron chi connectivity index (χ2n) is 8.44. The molecule has 2 aromatic rings. The number of likely N-dealkylation sites (tertiary alicyclic amines) is 1. The Morgan fingerprint density at radius 3 is 2.22 bits per heavy atom. The first-order valence-corrected chi connectivity index (χ1v) is 11.8. The summed E-state index contributed by atoms with van der Waals surface area (Å²) in [5, 5.41) is 3.53. The Morgan fingerprint density at radius 1 is 1.00 bits per heavy atom. The third kappa shape index (κ3) is 6.68. The maximum atomic E-state index is 5.53. The van der Waals surface area contributed by atoms with Gasteiger partial charge in [0.25, 0.3) is 0 Å². The quantitative estimate of drug-likeness (QED) is 0.320. The minimum atomic E-state index is 0. The number of hydrogen-bond donors (Lipinski definition) is 1. The SMILES string of the molecule is CCNC(=NCCC(c1ccccc1)c1ccccc1)N1CCC(N2CCOCC2)C1.I. The number of rotatable bonds is 7. The van der Waals surface area contributed by atoms with Gasteiger partial charge in [0, 0.05) is 51.2 Å². The number of guanidine groups is 1. The number of ether oxygens (including phenoxy) is 1. The Bertz CT molecular complexity index is 772. The van der Waals surface area contributed by atoms with Crippen molar-refractivity contribution in [2.45, 2.75) is 31.7 Å². The number of halogens is 1. The van der Waals surface area contributed by atoms with E-state index >= 15 is 0 Å². The van der Waals surface area contributed by atoms with Gasteiger partial charge in [0.15, 0.2) is 5.96 Å². The third-order valence-corrected chi connectivity index (χ3v) is 6.44. The van der Waals surface area contributed by atoms with Crippen molar-refractivity contribution in [3.63, 3.8) is 0 Å². The molecule has 1 atom stereocenters. The molecule has 1 unspecified atom stereocenters. The van der Waals surface area contributed by atoms with E-state index in [9.17, 15) is 0 Å². The highest BCUT2D eigenvalue weighted by molar-refractivity contribution is 14.0. The molecule has 0 bridgehead atoms. The van der Waals surface area contributed by atoms with Crippen molar-refractivity contribution in [1.29, 1.82) is 0 Å². The zero-order chi connectivity index (χ0) is 21.3. The van der Waals surface area contributed by atoms with Crippen molar-refractivity contribution in [1.82, 2.24) is 15.1 Å². The van der Waals surface area contributed by atoms with Crippen LogP contribution in [0.5, 0.6) is 0 Å². The van der Waals surface area contributed by atoms with E-state index in [1.165, 1.54) is 17.5 Å². The van der Waals surface area contributed by atoms with Crippen LogP contribution in [0.2, 0.25) is 0 Å². The molecule has 2 saturated heterocycles. The van der Waals surface area contributed by atoms with Gasteiger partial charge in [-0.05, 0) is 30.9 Å². The van der Waals surface area contributed by atoms with E-state index in [0.29, 0.717) is 12.0 Å². The molecule has 0 saturated carbocycles. The van der Waals surface area contributed by atoms with Gasteiger partial charge in [-0.15, -0.1) is 24.0 Å². The van der Waals surface area contributed by atoms with E-state index < -0.39 is 0 Å². The molecule has 2 heterocycles. The maximum Gasteiger partial charge on any atom is 0.193 e. The summed E-state index contributed by atoms with van der Waals surface area (Å²) in [5.41, 5.74) is 2.73. The van der Waals surface area contributed by atoms with E-state index in [0.717, 1.165) is 64.9 Å². The smallest absolute Gasteiger partial charge is 0.193 e. The molecule has 2 fully saturated rings. The van der Waals surface area contributed by atoms with Gasteiger partial charge in [-0.25, -0.2) is 0 Å². The summed E-state index contributed by atoms with van der Waals surface area (Å²) in [6.07, 6.45) is 2.21. The summed E-state index contributed by atoms with van der Waals surface area (Å²) < 4.78 is 5.53. The molecule has 0 radical (unpaired) electrons. The minimum absolute atomic E-state index is 0. The largest absolute Gasteiger partial charge is 0.379 e. The van der Waals surface area contributed by atoms with Gasteiger partial charge < -0.3 is 15.0 Å². The Kier molecular flexibility index (Phi) is 10.3. The number of morpholine rings is 1. The fourth-order valence-corrected chi connectivity index (χ4v) is 4.80. The lowest BCUT2D eigenvalue weighted by Crippen LogP contribution is -2.46. The van der Waals surface area contributed by atoms with Gasteiger partial charge in [-0.2, -0.15) is 0 Å². The van der Waals surface area contributed by atoms with E-state index in [1.54, 1.807) is 0 Å². The highest BCUT2D eigenvalue weighted by atomic mass is 127. The van der Waals surface area contributed by atoms with E-state index in [1.807, 2.05) is 0 Å². The van der Waals surface area contributed by atoms with Crippen LogP contribution < -0.4 is 5.32 Å². The predicted molar refractivity (Wildman–Crippen MR) is 143 cm³/mol. The van der Waals surface area contributed by atoms with Crippen LogP contribution in [0.3, 0.4) is 0 Å². The second kappa shape index (κ2) is 13.2. The highest BCUT2D eigenvalue weighted by Gasteiger charge is 2.30. The van der Waals surface area contributed by atoms with Crippen LogP contribution in [0.25, 0.3) is 0 Å². The predicted octanol–water partition coefficient (Wildman–Crippen LogP) is 4.20. The van der Waals surface area contributed by atoms with Crippen molar-refractivity contribution in [2.24, 2.45) is 4.99 Å². The summed E-state index contributed by atoms with van der Waals surface area (Å²) in [4.78, 5) is 10.1. The van der Waals surface area contributed by atoms with E-state index in [4.69, 9.17) is 9.73 Å². The summed E-state index contributed by atoms with van der Waals surface area (Å²) in [7, 11) is 0. The van der Waals surface area contributed by atoms with Crippen molar-refractivity contribution in [2.75, 3.05) is 52.5 Å². The van der Waals surface area contributed by atoms with E-state index in [-0.39, 0.29) is 24.0 Å². The van der Waals surface area contributed by atoms with Crippen molar-refractivity contribution in [3.05, 3.63) is 71.8 Å². The van der Waals surface area contributed by atoms with Gasteiger partial charge in [-0.3, -0.25) is 9.89 Å². The molecule has 0 aliphatic carbocycles. The summed E-state index contributed by atoms with van der Waals surface area (Å²) in [5.74, 6) is 1.44. The summed E-state index contributed by atoms with van der Waals surface area (Å²) >= 11 is 0. The van der Waals surface area contributed by atoms with Crippen LogP contribution in [0.4, 0.5) is 0 Å². The van der Waals surface area contributed by atoms with Crippen molar-refractivity contribution in [3.8, 4) is 0 Å². The summed E-state index contributed by atoms with van der Waals surface area (Å²) in [6, 6.07) is 22.3. The fourth-order valence-electron chi connectivity index (χ4n) is 4.80. The maximum absolute atomic E-state index is 5.53. The normalized spacial score (nSPS) is 19.8. The van der Waals surface area contributed by atoms with Crippen LogP contribution in [0.15, 0.2) is 65.7 Å². The Balaban J connectivity index is 0.00000289. The van der Waals surface area contributed by atoms with Crippen LogP contribution in [-0.2, 0) is 4.74 Å². The fraction of sp³-hybridized carbons (Fsp3) is 0.500. The first-order valence-electron chi connectivity index (χ1n) is 11.8. The molecule has 5 nitrogen and oxygen atoms in total.